The predicted molar refractivity (Wildman–Crippen MR) is 109 cm³/mol. The number of aliphatic hydroxyl groups excluding tert-OH is 2. The smallest absolute Gasteiger partial charge is 0.155 e. The van der Waals surface area contributed by atoms with Crippen LogP contribution in [0.2, 0.25) is 0 Å². The molecular formula is C23H36O3. The molecule has 3 nitrogen and oxygen atoms in total. The molecule has 0 radical (unpaired) electrons. The van der Waals surface area contributed by atoms with E-state index in [2.05, 4.69) is 26.0 Å². The first kappa shape index (κ1) is 22.6. The topological polar surface area (TPSA) is 57.5 Å². The SMILES string of the molecule is CC(=O)/C(C)=C/CC/C(C)=C/CC/C(C)=C/CC1C(O)C=CC(O)C1C. The quantitative estimate of drug-likeness (QED) is 0.454. The summed E-state index contributed by atoms with van der Waals surface area (Å²) in [6, 6.07) is 0. The third-order valence-electron chi connectivity index (χ3n) is 5.47. The Balaban J connectivity index is 2.39. The van der Waals surface area contributed by atoms with E-state index in [0.717, 1.165) is 37.7 Å². The van der Waals surface area contributed by atoms with Crippen molar-refractivity contribution in [2.45, 2.75) is 78.9 Å². The van der Waals surface area contributed by atoms with E-state index < -0.39 is 12.2 Å². The molecule has 146 valence electrons. The summed E-state index contributed by atoms with van der Waals surface area (Å²) in [7, 11) is 0. The van der Waals surface area contributed by atoms with Gasteiger partial charge in [-0.15, -0.1) is 0 Å². The lowest BCUT2D eigenvalue weighted by molar-refractivity contribution is -0.113. The van der Waals surface area contributed by atoms with Gasteiger partial charge in [0, 0.05) is 0 Å². The molecule has 2 N–H and O–H groups in total. The van der Waals surface area contributed by atoms with Crippen molar-refractivity contribution >= 4 is 5.78 Å². The fourth-order valence-electron chi connectivity index (χ4n) is 3.21. The van der Waals surface area contributed by atoms with Crippen molar-refractivity contribution < 1.29 is 15.0 Å². The fraction of sp³-hybridized carbons (Fsp3) is 0.609. The highest BCUT2D eigenvalue weighted by molar-refractivity contribution is 5.92. The molecule has 1 aliphatic carbocycles. The van der Waals surface area contributed by atoms with E-state index in [-0.39, 0.29) is 17.6 Å². The van der Waals surface area contributed by atoms with Gasteiger partial charge in [0.2, 0.25) is 0 Å². The monoisotopic (exact) mass is 360 g/mol. The normalized spacial score (nSPS) is 27.7. The first-order valence-corrected chi connectivity index (χ1v) is 9.75. The van der Waals surface area contributed by atoms with Crippen LogP contribution in [0.4, 0.5) is 0 Å². The van der Waals surface area contributed by atoms with Crippen LogP contribution in [-0.2, 0) is 4.79 Å². The summed E-state index contributed by atoms with van der Waals surface area (Å²) in [6.07, 6.45) is 13.7. The summed E-state index contributed by atoms with van der Waals surface area (Å²) >= 11 is 0. The molecule has 0 saturated heterocycles. The van der Waals surface area contributed by atoms with Crippen LogP contribution in [0.5, 0.6) is 0 Å². The van der Waals surface area contributed by atoms with Crippen LogP contribution in [0.25, 0.3) is 0 Å². The van der Waals surface area contributed by atoms with Gasteiger partial charge < -0.3 is 10.2 Å². The summed E-state index contributed by atoms with van der Waals surface area (Å²) in [5.74, 6) is 0.305. The Hall–Kier alpha value is -1.45. The molecule has 0 bridgehead atoms. The van der Waals surface area contributed by atoms with E-state index in [4.69, 9.17) is 0 Å². The molecule has 0 aliphatic heterocycles. The Morgan fingerprint density at radius 3 is 2.04 bits per heavy atom. The fourth-order valence-corrected chi connectivity index (χ4v) is 3.21. The maximum Gasteiger partial charge on any atom is 0.155 e. The number of ketones is 1. The van der Waals surface area contributed by atoms with Crippen LogP contribution in [0.15, 0.2) is 47.1 Å². The molecule has 0 aromatic heterocycles. The molecule has 3 heteroatoms. The molecule has 0 heterocycles. The van der Waals surface area contributed by atoms with Crippen LogP contribution in [0.3, 0.4) is 0 Å². The molecule has 0 aromatic carbocycles. The van der Waals surface area contributed by atoms with E-state index in [1.54, 1.807) is 19.1 Å². The minimum absolute atomic E-state index is 0.0766. The number of carbonyl (C=O) groups excluding carboxylic acids is 1. The van der Waals surface area contributed by atoms with Crippen molar-refractivity contribution in [1.29, 1.82) is 0 Å². The van der Waals surface area contributed by atoms with Gasteiger partial charge in [-0.1, -0.05) is 48.5 Å². The summed E-state index contributed by atoms with van der Waals surface area (Å²) < 4.78 is 0. The van der Waals surface area contributed by atoms with E-state index in [1.807, 2.05) is 19.9 Å². The first-order chi connectivity index (χ1) is 12.2. The van der Waals surface area contributed by atoms with Crippen molar-refractivity contribution in [3.63, 3.8) is 0 Å². The maximum atomic E-state index is 11.2. The van der Waals surface area contributed by atoms with Crippen LogP contribution >= 0.6 is 0 Å². The third-order valence-corrected chi connectivity index (χ3v) is 5.47. The summed E-state index contributed by atoms with van der Waals surface area (Å²) in [5.41, 5.74) is 3.52. The zero-order valence-corrected chi connectivity index (χ0v) is 17.0. The lowest BCUT2D eigenvalue weighted by atomic mass is 9.78. The second-order valence-electron chi connectivity index (χ2n) is 7.75. The summed E-state index contributed by atoms with van der Waals surface area (Å²) in [5, 5.41) is 20.0. The lowest BCUT2D eigenvalue weighted by Crippen LogP contribution is -2.35. The highest BCUT2D eigenvalue weighted by Crippen LogP contribution is 2.29. The zero-order valence-electron chi connectivity index (χ0n) is 17.0. The largest absolute Gasteiger partial charge is 0.389 e. The lowest BCUT2D eigenvalue weighted by Gasteiger charge is -2.32. The minimum atomic E-state index is -0.467. The van der Waals surface area contributed by atoms with Gasteiger partial charge in [-0.05, 0) is 77.2 Å². The van der Waals surface area contributed by atoms with Crippen LogP contribution in [-0.4, -0.2) is 28.2 Å². The molecule has 0 amide bonds. The first-order valence-electron chi connectivity index (χ1n) is 9.75. The van der Waals surface area contributed by atoms with Crippen molar-refractivity contribution in [3.8, 4) is 0 Å². The highest BCUT2D eigenvalue weighted by atomic mass is 16.3. The molecule has 0 aromatic rings. The van der Waals surface area contributed by atoms with Crippen LogP contribution < -0.4 is 0 Å². The molecule has 0 saturated carbocycles. The number of Topliss-reactive ketones (excluding diaryl/α,β-unsaturated/α-hetero) is 1. The molecule has 0 spiro atoms. The number of allylic oxidation sites excluding steroid dienone is 6. The van der Waals surface area contributed by atoms with E-state index in [0.29, 0.717) is 0 Å². The van der Waals surface area contributed by atoms with E-state index >= 15 is 0 Å². The van der Waals surface area contributed by atoms with E-state index in [9.17, 15) is 15.0 Å². The Bertz CT molecular complexity index is 580. The highest BCUT2D eigenvalue weighted by Gasteiger charge is 2.30. The summed E-state index contributed by atoms with van der Waals surface area (Å²) in [6.45, 7) is 9.75. The van der Waals surface area contributed by atoms with Crippen LogP contribution in [0, 0.1) is 11.8 Å². The standard InChI is InChI=1S/C23H36O3/c1-16(10-7-11-18(3)20(5)24)8-6-9-17(2)12-13-21-19(4)22(25)14-15-23(21)26/h8,11-12,14-15,19,21-23,25-26H,6-7,9-10,13H2,1-5H3/b16-8+,17-12+,18-11+. The van der Waals surface area contributed by atoms with Crippen LogP contribution in [0.1, 0.15) is 66.7 Å². The van der Waals surface area contributed by atoms with Gasteiger partial charge in [0.15, 0.2) is 5.78 Å². The van der Waals surface area contributed by atoms with Crippen molar-refractivity contribution in [1.82, 2.24) is 0 Å². The number of hydrogen-bond acceptors (Lipinski definition) is 3. The van der Waals surface area contributed by atoms with Gasteiger partial charge in [0.25, 0.3) is 0 Å². The Morgan fingerprint density at radius 1 is 0.885 bits per heavy atom. The molecule has 4 atom stereocenters. The summed E-state index contributed by atoms with van der Waals surface area (Å²) in [4.78, 5) is 11.2. The van der Waals surface area contributed by atoms with E-state index in [1.165, 1.54) is 11.1 Å². The number of hydrogen-bond donors (Lipinski definition) is 2. The molecular weight excluding hydrogens is 324 g/mol. The number of carbonyl (C=O) groups is 1. The van der Waals surface area contributed by atoms with Gasteiger partial charge >= 0.3 is 0 Å². The number of rotatable bonds is 9. The second-order valence-corrected chi connectivity index (χ2v) is 7.75. The maximum absolute atomic E-state index is 11.2. The van der Waals surface area contributed by atoms with Crippen molar-refractivity contribution in [2.24, 2.45) is 11.8 Å². The Labute approximate surface area is 159 Å². The molecule has 26 heavy (non-hydrogen) atoms. The van der Waals surface area contributed by atoms with Gasteiger partial charge in [-0.3, -0.25) is 4.79 Å². The minimum Gasteiger partial charge on any atom is -0.389 e. The molecule has 1 rings (SSSR count). The van der Waals surface area contributed by atoms with Gasteiger partial charge in [-0.25, -0.2) is 0 Å². The average molecular weight is 361 g/mol. The Kier molecular flexibility index (Phi) is 9.82. The van der Waals surface area contributed by atoms with Gasteiger partial charge in [-0.2, -0.15) is 0 Å². The Morgan fingerprint density at radius 2 is 1.42 bits per heavy atom. The third kappa shape index (κ3) is 7.84. The average Bonchev–Trinajstić information content (AvgIpc) is 2.58. The molecule has 1 aliphatic rings. The predicted octanol–water partition coefficient (Wildman–Crippen LogP) is 4.91. The molecule has 0 fully saturated rings. The zero-order chi connectivity index (χ0) is 19.7. The van der Waals surface area contributed by atoms with Gasteiger partial charge in [0.05, 0.1) is 12.2 Å². The van der Waals surface area contributed by atoms with Crippen molar-refractivity contribution in [2.75, 3.05) is 0 Å². The molecule has 4 unspecified atom stereocenters. The van der Waals surface area contributed by atoms with Gasteiger partial charge in [0.1, 0.15) is 0 Å². The second kappa shape index (κ2) is 11.3. The van der Waals surface area contributed by atoms with Crippen molar-refractivity contribution in [3.05, 3.63) is 47.1 Å². The number of aliphatic hydroxyl groups is 2.